The van der Waals surface area contributed by atoms with Crippen molar-refractivity contribution in [3.05, 3.63) is 0 Å². The maximum atomic E-state index is 9.59. The fourth-order valence-electron chi connectivity index (χ4n) is 1.45. The van der Waals surface area contributed by atoms with Crippen LogP contribution in [-0.2, 0) is 4.74 Å². The van der Waals surface area contributed by atoms with Gasteiger partial charge in [0, 0.05) is 7.11 Å². The molecule has 0 amide bonds. The van der Waals surface area contributed by atoms with Crippen LogP contribution in [0.5, 0.6) is 0 Å². The lowest BCUT2D eigenvalue weighted by Crippen LogP contribution is -2.29. The van der Waals surface area contributed by atoms with Crippen LogP contribution >= 0.6 is 0 Å². The Morgan fingerprint density at radius 2 is 2.18 bits per heavy atom. The molecule has 0 bridgehead atoms. The van der Waals surface area contributed by atoms with Crippen molar-refractivity contribution in [3.8, 4) is 0 Å². The minimum Gasteiger partial charge on any atom is -0.393 e. The molecule has 0 spiro atoms. The molecule has 1 N–H and O–H groups in total. The summed E-state index contributed by atoms with van der Waals surface area (Å²) < 4.78 is 5.08. The Labute approximate surface area is 68.6 Å². The molecule has 66 valence electrons. The van der Waals surface area contributed by atoms with Crippen LogP contribution in [0.2, 0.25) is 0 Å². The first-order valence-electron chi connectivity index (χ1n) is 4.45. The molecule has 0 radical (unpaired) electrons. The Hall–Kier alpha value is -0.0800. The molecule has 2 heteroatoms. The quantitative estimate of drug-likeness (QED) is 0.673. The van der Waals surface area contributed by atoms with E-state index in [1.807, 2.05) is 6.92 Å². The summed E-state index contributed by atoms with van der Waals surface area (Å²) in [7, 11) is 1.69. The van der Waals surface area contributed by atoms with E-state index < -0.39 is 0 Å². The van der Waals surface area contributed by atoms with Crippen molar-refractivity contribution in [2.24, 2.45) is 5.92 Å². The number of rotatable bonds is 4. The van der Waals surface area contributed by atoms with Crippen molar-refractivity contribution in [1.82, 2.24) is 0 Å². The van der Waals surface area contributed by atoms with E-state index >= 15 is 0 Å². The molecule has 11 heavy (non-hydrogen) atoms. The van der Waals surface area contributed by atoms with Gasteiger partial charge in [0.2, 0.25) is 0 Å². The van der Waals surface area contributed by atoms with Crippen molar-refractivity contribution in [3.63, 3.8) is 0 Å². The number of aliphatic hydroxyl groups excluding tert-OH is 1. The monoisotopic (exact) mass is 158 g/mol. The lowest BCUT2D eigenvalue weighted by atomic mass is 9.79. The normalized spacial score (nSPS) is 24.3. The molecule has 0 aromatic rings. The Balaban J connectivity index is 2.13. The van der Waals surface area contributed by atoms with E-state index in [2.05, 4.69) is 0 Å². The predicted octanol–water partition coefficient (Wildman–Crippen LogP) is 1.57. The van der Waals surface area contributed by atoms with Gasteiger partial charge in [-0.15, -0.1) is 0 Å². The van der Waals surface area contributed by atoms with Crippen LogP contribution in [0.4, 0.5) is 0 Å². The SMILES string of the molecule is COC(C)CC(O)C1CCC1. The van der Waals surface area contributed by atoms with Crippen LogP contribution in [-0.4, -0.2) is 24.4 Å². The average Bonchev–Trinajstić information content (AvgIpc) is 1.83. The van der Waals surface area contributed by atoms with E-state index in [9.17, 15) is 5.11 Å². The van der Waals surface area contributed by atoms with Gasteiger partial charge in [-0.25, -0.2) is 0 Å². The first-order valence-corrected chi connectivity index (χ1v) is 4.45. The van der Waals surface area contributed by atoms with E-state index in [0.717, 1.165) is 6.42 Å². The summed E-state index contributed by atoms with van der Waals surface area (Å²) in [5, 5.41) is 9.59. The Kier molecular flexibility index (Phi) is 3.34. The second kappa shape index (κ2) is 4.07. The van der Waals surface area contributed by atoms with Crippen molar-refractivity contribution >= 4 is 0 Å². The van der Waals surface area contributed by atoms with E-state index in [4.69, 9.17) is 4.74 Å². The van der Waals surface area contributed by atoms with Gasteiger partial charge in [0.1, 0.15) is 0 Å². The van der Waals surface area contributed by atoms with Gasteiger partial charge in [0.05, 0.1) is 12.2 Å². The second-order valence-electron chi connectivity index (χ2n) is 3.54. The molecule has 2 nitrogen and oxygen atoms in total. The van der Waals surface area contributed by atoms with Crippen molar-refractivity contribution in [2.45, 2.75) is 44.8 Å². The topological polar surface area (TPSA) is 29.5 Å². The van der Waals surface area contributed by atoms with Crippen LogP contribution < -0.4 is 0 Å². The molecule has 0 heterocycles. The predicted molar refractivity (Wildman–Crippen MR) is 44.4 cm³/mol. The van der Waals surface area contributed by atoms with E-state index in [0.29, 0.717) is 5.92 Å². The highest BCUT2D eigenvalue weighted by Crippen LogP contribution is 2.31. The van der Waals surface area contributed by atoms with Crippen LogP contribution in [0.15, 0.2) is 0 Å². The largest absolute Gasteiger partial charge is 0.393 e. The van der Waals surface area contributed by atoms with Crippen LogP contribution in [0, 0.1) is 5.92 Å². The van der Waals surface area contributed by atoms with Crippen LogP contribution in [0.1, 0.15) is 32.6 Å². The van der Waals surface area contributed by atoms with Crippen molar-refractivity contribution in [1.29, 1.82) is 0 Å². The molecule has 2 unspecified atom stereocenters. The molecule has 0 saturated heterocycles. The van der Waals surface area contributed by atoms with Crippen molar-refractivity contribution < 1.29 is 9.84 Å². The molecular formula is C9H18O2. The number of aliphatic hydroxyl groups is 1. The van der Waals surface area contributed by atoms with Gasteiger partial charge < -0.3 is 9.84 Å². The Morgan fingerprint density at radius 3 is 2.55 bits per heavy atom. The molecule has 0 aromatic carbocycles. The molecular weight excluding hydrogens is 140 g/mol. The van der Waals surface area contributed by atoms with E-state index in [1.165, 1.54) is 19.3 Å². The zero-order chi connectivity index (χ0) is 8.27. The van der Waals surface area contributed by atoms with Gasteiger partial charge in [0.15, 0.2) is 0 Å². The summed E-state index contributed by atoms with van der Waals surface area (Å²) in [5.41, 5.74) is 0. The molecule has 1 saturated carbocycles. The van der Waals surface area contributed by atoms with Gasteiger partial charge in [-0.05, 0) is 32.1 Å². The lowest BCUT2D eigenvalue weighted by Gasteiger charge is -2.31. The number of methoxy groups -OCH3 is 1. The third kappa shape index (κ3) is 2.46. The maximum absolute atomic E-state index is 9.59. The number of hydrogen-bond donors (Lipinski definition) is 1. The lowest BCUT2D eigenvalue weighted by molar-refractivity contribution is 0.00639. The maximum Gasteiger partial charge on any atom is 0.0593 e. The fourth-order valence-corrected chi connectivity index (χ4v) is 1.45. The minimum absolute atomic E-state index is 0.126. The third-order valence-corrected chi connectivity index (χ3v) is 2.67. The summed E-state index contributed by atoms with van der Waals surface area (Å²) in [6.45, 7) is 2.00. The van der Waals surface area contributed by atoms with E-state index in [-0.39, 0.29) is 12.2 Å². The zero-order valence-corrected chi connectivity index (χ0v) is 7.42. The average molecular weight is 158 g/mol. The molecule has 1 rings (SSSR count). The van der Waals surface area contributed by atoms with Gasteiger partial charge in [-0.3, -0.25) is 0 Å². The molecule has 2 atom stereocenters. The van der Waals surface area contributed by atoms with Crippen molar-refractivity contribution in [2.75, 3.05) is 7.11 Å². The van der Waals surface area contributed by atoms with Gasteiger partial charge in [-0.1, -0.05) is 6.42 Å². The molecule has 1 aliphatic carbocycles. The molecule has 1 aliphatic rings. The first kappa shape index (κ1) is 9.01. The Morgan fingerprint density at radius 1 is 1.55 bits per heavy atom. The van der Waals surface area contributed by atoms with Crippen LogP contribution in [0.3, 0.4) is 0 Å². The Bertz CT molecular complexity index is 110. The fraction of sp³-hybridized carbons (Fsp3) is 1.00. The summed E-state index contributed by atoms with van der Waals surface area (Å²) in [6.07, 6.45) is 4.57. The first-order chi connectivity index (χ1) is 5.24. The summed E-state index contributed by atoms with van der Waals surface area (Å²) >= 11 is 0. The standard InChI is InChI=1S/C9H18O2/c1-7(11-2)6-9(10)8-4-3-5-8/h7-10H,3-6H2,1-2H3. The van der Waals surface area contributed by atoms with Gasteiger partial charge >= 0.3 is 0 Å². The summed E-state index contributed by atoms with van der Waals surface area (Å²) in [6, 6.07) is 0. The highest BCUT2D eigenvalue weighted by molar-refractivity contribution is 4.78. The molecule has 0 aliphatic heterocycles. The second-order valence-corrected chi connectivity index (χ2v) is 3.54. The third-order valence-electron chi connectivity index (χ3n) is 2.67. The summed E-state index contributed by atoms with van der Waals surface area (Å²) in [5.74, 6) is 0.563. The summed E-state index contributed by atoms with van der Waals surface area (Å²) in [4.78, 5) is 0. The number of ether oxygens (including phenoxy) is 1. The highest BCUT2D eigenvalue weighted by Gasteiger charge is 2.26. The molecule has 0 aromatic heterocycles. The van der Waals surface area contributed by atoms with Gasteiger partial charge in [0.25, 0.3) is 0 Å². The molecule has 1 fully saturated rings. The zero-order valence-electron chi connectivity index (χ0n) is 7.42. The number of hydrogen-bond acceptors (Lipinski definition) is 2. The smallest absolute Gasteiger partial charge is 0.0593 e. The van der Waals surface area contributed by atoms with Crippen LogP contribution in [0.25, 0.3) is 0 Å². The van der Waals surface area contributed by atoms with Gasteiger partial charge in [-0.2, -0.15) is 0 Å². The minimum atomic E-state index is -0.126. The highest BCUT2D eigenvalue weighted by atomic mass is 16.5. The van der Waals surface area contributed by atoms with E-state index in [1.54, 1.807) is 7.11 Å².